The number of aromatic carboxylic acids is 1. The summed E-state index contributed by atoms with van der Waals surface area (Å²) >= 11 is 0. The normalized spacial score (nSPS) is 11.2. The van der Waals surface area contributed by atoms with Crippen molar-refractivity contribution in [3.8, 4) is 0 Å². The zero-order chi connectivity index (χ0) is 13.1. The van der Waals surface area contributed by atoms with E-state index in [1.54, 1.807) is 0 Å². The number of benzene rings is 1. The van der Waals surface area contributed by atoms with Gasteiger partial charge in [0.2, 0.25) is 0 Å². The Morgan fingerprint density at radius 1 is 1.47 bits per heavy atom. The van der Waals surface area contributed by atoms with E-state index >= 15 is 0 Å². The van der Waals surface area contributed by atoms with Crippen LogP contribution in [0.5, 0.6) is 0 Å². The minimum Gasteiger partial charge on any atom is -0.478 e. The van der Waals surface area contributed by atoms with E-state index in [2.05, 4.69) is 5.32 Å². The Labute approximate surface area is 98.2 Å². The van der Waals surface area contributed by atoms with Crippen LogP contribution in [-0.2, 0) is 9.84 Å². The minimum absolute atomic E-state index is 0.0716. The number of carboxylic acids is 1. The van der Waals surface area contributed by atoms with Gasteiger partial charge in [0.05, 0.1) is 17.0 Å². The lowest BCUT2D eigenvalue weighted by Crippen LogP contribution is -2.15. The van der Waals surface area contributed by atoms with Crippen molar-refractivity contribution in [1.82, 2.24) is 0 Å². The minimum atomic E-state index is -3.11. The molecule has 0 aliphatic rings. The van der Waals surface area contributed by atoms with Gasteiger partial charge in [-0.25, -0.2) is 17.6 Å². The monoisotopic (exact) mass is 261 g/mol. The van der Waals surface area contributed by atoms with Gasteiger partial charge in [0.15, 0.2) is 0 Å². The van der Waals surface area contributed by atoms with Gasteiger partial charge in [0.25, 0.3) is 0 Å². The number of hydrogen-bond donors (Lipinski definition) is 2. The highest BCUT2D eigenvalue weighted by Gasteiger charge is 2.08. The van der Waals surface area contributed by atoms with E-state index in [-0.39, 0.29) is 23.5 Å². The molecule has 0 bridgehead atoms. The molecule has 0 fully saturated rings. The number of anilines is 1. The summed E-state index contributed by atoms with van der Waals surface area (Å²) < 4.78 is 35.0. The van der Waals surface area contributed by atoms with Crippen molar-refractivity contribution in [3.63, 3.8) is 0 Å². The quantitative estimate of drug-likeness (QED) is 0.825. The van der Waals surface area contributed by atoms with Crippen LogP contribution in [0.1, 0.15) is 10.4 Å². The van der Waals surface area contributed by atoms with Crippen LogP contribution in [0.25, 0.3) is 0 Å². The van der Waals surface area contributed by atoms with Gasteiger partial charge < -0.3 is 10.4 Å². The SMILES string of the molecule is CS(=O)(=O)CCNc1ccc(C(=O)O)cc1F. The maximum absolute atomic E-state index is 13.4. The fraction of sp³-hybridized carbons (Fsp3) is 0.300. The van der Waals surface area contributed by atoms with Gasteiger partial charge in [0, 0.05) is 12.8 Å². The largest absolute Gasteiger partial charge is 0.478 e. The third-order valence-corrected chi connectivity index (χ3v) is 2.95. The zero-order valence-corrected chi connectivity index (χ0v) is 9.92. The van der Waals surface area contributed by atoms with Crippen LogP contribution in [0.2, 0.25) is 0 Å². The maximum Gasteiger partial charge on any atom is 0.335 e. The third-order valence-electron chi connectivity index (χ3n) is 2.00. The summed E-state index contributed by atoms with van der Waals surface area (Å²) in [6.45, 7) is 0.0716. The molecule has 0 aromatic heterocycles. The van der Waals surface area contributed by atoms with Crippen LogP contribution in [0, 0.1) is 5.82 Å². The van der Waals surface area contributed by atoms with Gasteiger partial charge in [-0.3, -0.25) is 0 Å². The molecule has 0 saturated carbocycles. The Hall–Kier alpha value is -1.63. The molecule has 1 rings (SSSR count). The van der Waals surface area contributed by atoms with E-state index in [0.717, 1.165) is 12.3 Å². The van der Waals surface area contributed by atoms with Crippen molar-refractivity contribution in [2.24, 2.45) is 0 Å². The molecule has 0 heterocycles. The molecule has 1 aromatic carbocycles. The number of carbonyl (C=O) groups is 1. The molecule has 0 radical (unpaired) electrons. The molecule has 5 nitrogen and oxygen atoms in total. The first-order chi connectivity index (χ1) is 7.79. The van der Waals surface area contributed by atoms with E-state index < -0.39 is 21.6 Å². The van der Waals surface area contributed by atoms with Crippen molar-refractivity contribution in [3.05, 3.63) is 29.6 Å². The fourth-order valence-corrected chi connectivity index (χ4v) is 1.64. The Morgan fingerprint density at radius 3 is 2.59 bits per heavy atom. The Bertz CT molecular complexity index is 527. The number of hydrogen-bond acceptors (Lipinski definition) is 4. The van der Waals surface area contributed by atoms with Gasteiger partial charge in [-0.1, -0.05) is 0 Å². The second kappa shape index (κ2) is 5.13. The number of halogens is 1. The first kappa shape index (κ1) is 13.4. The molecule has 2 N–H and O–H groups in total. The van der Waals surface area contributed by atoms with Crippen molar-refractivity contribution in [2.75, 3.05) is 23.9 Å². The van der Waals surface area contributed by atoms with E-state index in [9.17, 15) is 17.6 Å². The van der Waals surface area contributed by atoms with Crippen LogP contribution in [0.15, 0.2) is 18.2 Å². The predicted octanol–water partition coefficient (Wildman–Crippen LogP) is 0.980. The average molecular weight is 261 g/mol. The van der Waals surface area contributed by atoms with Gasteiger partial charge in [-0.15, -0.1) is 0 Å². The molecular formula is C10H12FNO4S. The summed E-state index contributed by atoms with van der Waals surface area (Å²) in [5.74, 6) is -2.06. The smallest absolute Gasteiger partial charge is 0.335 e. The van der Waals surface area contributed by atoms with Crippen molar-refractivity contribution >= 4 is 21.5 Å². The van der Waals surface area contributed by atoms with Gasteiger partial charge in [-0.2, -0.15) is 0 Å². The molecule has 1 aromatic rings. The highest BCUT2D eigenvalue weighted by molar-refractivity contribution is 7.90. The maximum atomic E-state index is 13.4. The molecule has 94 valence electrons. The molecule has 0 unspecified atom stereocenters. The Balaban J connectivity index is 2.70. The van der Waals surface area contributed by atoms with Crippen LogP contribution < -0.4 is 5.32 Å². The number of rotatable bonds is 5. The van der Waals surface area contributed by atoms with Crippen LogP contribution in [0.3, 0.4) is 0 Å². The van der Waals surface area contributed by atoms with Crippen LogP contribution >= 0.6 is 0 Å². The topological polar surface area (TPSA) is 83.5 Å². The lowest BCUT2D eigenvalue weighted by Gasteiger charge is -2.07. The van der Waals surface area contributed by atoms with Crippen molar-refractivity contribution < 1.29 is 22.7 Å². The molecule has 0 amide bonds. The summed E-state index contributed by atoms with van der Waals surface area (Å²) in [7, 11) is -3.11. The van der Waals surface area contributed by atoms with E-state index in [0.29, 0.717) is 0 Å². The Kier molecular flexibility index (Phi) is 4.06. The first-order valence-corrected chi connectivity index (χ1v) is 6.80. The molecular weight excluding hydrogens is 249 g/mol. The number of sulfone groups is 1. The fourth-order valence-electron chi connectivity index (χ4n) is 1.16. The molecule has 0 saturated heterocycles. The lowest BCUT2D eigenvalue weighted by molar-refractivity contribution is 0.0696. The second-order valence-corrected chi connectivity index (χ2v) is 5.82. The number of carboxylic acid groups (broad SMARTS) is 1. The van der Waals surface area contributed by atoms with E-state index in [1.807, 2.05) is 0 Å². The Morgan fingerprint density at radius 2 is 2.12 bits per heavy atom. The standard InChI is InChI=1S/C10H12FNO4S/c1-17(15,16)5-4-12-9-3-2-7(10(13)14)6-8(9)11/h2-3,6,12H,4-5H2,1H3,(H,13,14). The molecule has 17 heavy (non-hydrogen) atoms. The van der Waals surface area contributed by atoms with Gasteiger partial charge in [-0.05, 0) is 18.2 Å². The zero-order valence-electron chi connectivity index (χ0n) is 9.10. The van der Waals surface area contributed by atoms with Gasteiger partial charge in [0.1, 0.15) is 15.7 Å². The molecule has 0 aliphatic heterocycles. The molecule has 0 aliphatic carbocycles. The predicted molar refractivity (Wildman–Crippen MR) is 61.6 cm³/mol. The van der Waals surface area contributed by atoms with Crippen LogP contribution in [0.4, 0.5) is 10.1 Å². The lowest BCUT2D eigenvalue weighted by atomic mass is 10.2. The third kappa shape index (κ3) is 4.39. The summed E-state index contributed by atoms with van der Waals surface area (Å²) in [5.41, 5.74) is -0.0742. The highest BCUT2D eigenvalue weighted by atomic mass is 32.2. The summed E-state index contributed by atoms with van der Waals surface area (Å²) in [4.78, 5) is 10.5. The summed E-state index contributed by atoms with van der Waals surface area (Å²) in [6, 6.07) is 3.39. The second-order valence-electron chi connectivity index (χ2n) is 3.56. The molecule has 0 spiro atoms. The van der Waals surface area contributed by atoms with E-state index in [1.165, 1.54) is 12.1 Å². The first-order valence-electron chi connectivity index (χ1n) is 4.74. The molecule has 7 heteroatoms. The summed E-state index contributed by atoms with van der Waals surface area (Å²) in [5, 5.41) is 11.2. The van der Waals surface area contributed by atoms with Crippen molar-refractivity contribution in [2.45, 2.75) is 0 Å². The highest BCUT2D eigenvalue weighted by Crippen LogP contribution is 2.15. The van der Waals surface area contributed by atoms with Crippen LogP contribution in [-0.4, -0.2) is 38.0 Å². The average Bonchev–Trinajstić information content (AvgIpc) is 2.18. The van der Waals surface area contributed by atoms with Gasteiger partial charge >= 0.3 is 5.97 Å². The van der Waals surface area contributed by atoms with Crippen molar-refractivity contribution in [1.29, 1.82) is 0 Å². The van der Waals surface area contributed by atoms with E-state index in [4.69, 9.17) is 5.11 Å². The molecule has 0 atom stereocenters. The number of nitrogens with one attached hydrogen (secondary N) is 1. The summed E-state index contributed by atoms with van der Waals surface area (Å²) in [6.07, 6.45) is 1.08.